The van der Waals surface area contributed by atoms with Gasteiger partial charge in [0.05, 0.1) is 24.6 Å². The highest BCUT2D eigenvalue weighted by Gasteiger charge is 2.23. The second-order valence-corrected chi connectivity index (χ2v) is 7.36. The van der Waals surface area contributed by atoms with Gasteiger partial charge in [0.2, 0.25) is 5.82 Å². The minimum atomic E-state index is -0.307. The Balaban J connectivity index is 1.73. The molecule has 0 spiro atoms. The number of rotatable bonds is 4. The van der Waals surface area contributed by atoms with Gasteiger partial charge in [-0.15, -0.1) is 0 Å². The van der Waals surface area contributed by atoms with Crippen LogP contribution in [0.1, 0.15) is 40.4 Å². The van der Waals surface area contributed by atoms with E-state index in [1.54, 1.807) is 0 Å². The van der Waals surface area contributed by atoms with E-state index in [0.717, 1.165) is 41.1 Å². The maximum Gasteiger partial charge on any atom is 0.289 e. The largest absolute Gasteiger partial charge is 0.378 e. The van der Waals surface area contributed by atoms with E-state index in [2.05, 4.69) is 25.2 Å². The average Bonchev–Trinajstić information content (AvgIpc) is 2.73. The van der Waals surface area contributed by atoms with Crippen molar-refractivity contribution in [3.8, 4) is 0 Å². The molecule has 4 rings (SSSR count). The number of pyridine rings is 1. The zero-order chi connectivity index (χ0) is 20.4. The van der Waals surface area contributed by atoms with Crippen LogP contribution in [0.2, 0.25) is 0 Å². The first kappa shape index (κ1) is 19.3. The number of amides is 1. The molecule has 7 heteroatoms. The third-order valence-electron chi connectivity index (χ3n) is 5.13. The van der Waals surface area contributed by atoms with Crippen LogP contribution in [0.25, 0.3) is 11.0 Å². The molecule has 29 heavy (non-hydrogen) atoms. The Kier molecular flexibility index (Phi) is 5.40. The third-order valence-corrected chi connectivity index (χ3v) is 5.13. The number of carbonyl (C=O) groups excluding carboxylic acids is 1. The molecule has 3 heterocycles. The maximum absolute atomic E-state index is 13.0. The van der Waals surface area contributed by atoms with Gasteiger partial charge < -0.3 is 15.0 Å². The quantitative estimate of drug-likeness (QED) is 0.737. The standard InChI is InChI=1S/C22H25N5O2/c1-14-13-15(2)23-19-18(14)21(27-9-11-29-12-10-27)26-20(25-19)22(28)24-16(3)17-7-5-4-6-8-17/h4-8,13,16H,9-12H2,1-3H3,(H,24,28). The summed E-state index contributed by atoms with van der Waals surface area (Å²) in [5, 5.41) is 3.90. The van der Waals surface area contributed by atoms with Gasteiger partial charge in [0.1, 0.15) is 5.82 Å². The fourth-order valence-electron chi connectivity index (χ4n) is 3.65. The summed E-state index contributed by atoms with van der Waals surface area (Å²) < 4.78 is 5.48. The lowest BCUT2D eigenvalue weighted by Crippen LogP contribution is -2.37. The van der Waals surface area contributed by atoms with Crippen LogP contribution in [-0.4, -0.2) is 47.2 Å². The van der Waals surface area contributed by atoms with Crippen LogP contribution in [-0.2, 0) is 4.74 Å². The first-order valence-electron chi connectivity index (χ1n) is 9.87. The number of ether oxygens (including phenoxy) is 1. The van der Waals surface area contributed by atoms with Crippen molar-refractivity contribution in [2.45, 2.75) is 26.8 Å². The van der Waals surface area contributed by atoms with Crippen LogP contribution in [0.4, 0.5) is 5.82 Å². The van der Waals surface area contributed by atoms with Gasteiger partial charge >= 0.3 is 0 Å². The fraction of sp³-hybridized carbons (Fsp3) is 0.364. The van der Waals surface area contributed by atoms with Crippen molar-refractivity contribution in [3.63, 3.8) is 0 Å². The number of benzene rings is 1. The van der Waals surface area contributed by atoms with Gasteiger partial charge in [-0.2, -0.15) is 0 Å². The number of aryl methyl sites for hydroxylation is 2. The predicted molar refractivity (Wildman–Crippen MR) is 112 cm³/mol. The second kappa shape index (κ2) is 8.13. The van der Waals surface area contributed by atoms with Gasteiger partial charge in [0, 0.05) is 18.8 Å². The molecule has 1 N–H and O–H groups in total. The highest BCUT2D eigenvalue weighted by atomic mass is 16.5. The number of morpholine rings is 1. The Morgan fingerprint density at radius 3 is 2.55 bits per heavy atom. The van der Waals surface area contributed by atoms with Crippen LogP contribution in [0.3, 0.4) is 0 Å². The van der Waals surface area contributed by atoms with Crippen LogP contribution >= 0.6 is 0 Å². The molecular formula is C22H25N5O2. The molecule has 1 amide bonds. The molecule has 1 saturated heterocycles. The van der Waals surface area contributed by atoms with Gasteiger partial charge in [0.15, 0.2) is 5.65 Å². The summed E-state index contributed by atoms with van der Waals surface area (Å²) >= 11 is 0. The van der Waals surface area contributed by atoms with Crippen molar-refractivity contribution in [3.05, 3.63) is 59.0 Å². The number of aromatic nitrogens is 3. The van der Waals surface area contributed by atoms with Crippen LogP contribution in [0.5, 0.6) is 0 Å². The predicted octanol–water partition coefficient (Wildman–Crippen LogP) is 2.97. The van der Waals surface area contributed by atoms with E-state index in [4.69, 9.17) is 4.74 Å². The molecule has 1 aromatic carbocycles. The third kappa shape index (κ3) is 4.05. The van der Waals surface area contributed by atoms with Gasteiger partial charge in [-0.1, -0.05) is 30.3 Å². The van der Waals surface area contributed by atoms with Crippen LogP contribution < -0.4 is 10.2 Å². The Bertz CT molecular complexity index is 1030. The second-order valence-electron chi connectivity index (χ2n) is 7.36. The van der Waals surface area contributed by atoms with E-state index >= 15 is 0 Å². The van der Waals surface area contributed by atoms with Crippen LogP contribution in [0, 0.1) is 13.8 Å². The lowest BCUT2D eigenvalue weighted by atomic mass is 10.1. The van der Waals surface area contributed by atoms with E-state index in [1.807, 2.05) is 57.2 Å². The van der Waals surface area contributed by atoms with E-state index in [9.17, 15) is 4.79 Å². The minimum absolute atomic E-state index is 0.138. The smallest absolute Gasteiger partial charge is 0.289 e. The molecular weight excluding hydrogens is 366 g/mol. The van der Waals surface area contributed by atoms with E-state index in [0.29, 0.717) is 18.9 Å². The number of carbonyl (C=O) groups is 1. The van der Waals surface area contributed by atoms with Gasteiger partial charge in [0.25, 0.3) is 5.91 Å². The topological polar surface area (TPSA) is 80.2 Å². The number of fused-ring (bicyclic) bond motifs is 1. The molecule has 2 aromatic heterocycles. The van der Waals surface area contributed by atoms with Crippen molar-refractivity contribution in [2.24, 2.45) is 0 Å². The van der Waals surface area contributed by atoms with Crippen molar-refractivity contribution in [2.75, 3.05) is 31.2 Å². The number of hydrogen-bond acceptors (Lipinski definition) is 6. The lowest BCUT2D eigenvalue weighted by Gasteiger charge is -2.29. The summed E-state index contributed by atoms with van der Waals surface area (Å²) in [5.41, 5.74) is 3.50. The number of anilines is 1. The van der Waals surface area contributed by atoms with E-state index < -0.39 is 0 Å². The summed E-state index contributed by atoms with van der Waals surface area (Å²) in [7, 11) is 0. The number of nitrogens with one attached hydrogen (secondary N) is 1. The Hall–Kier alpha value is -3.06. The normalized spacial score (nSPS) is 15.3. The summed E-state index contributed by atoms with van der Waals surface area (Å²) in [6, 6.07) is 11.7. The molecule has 150 valence electrons. The summed E-state index contributed by atoms with van der Waals surface area (Å²) in [6.07, 6.45) is 0. The van der Waals surface area contributed by atoms with Crippen molar-refractivity contribution < 1.29 is 9.53 Å². The van der Waals surface area contributed by atoms with E-state index in [-0.39, 0.29) is 17.8 Å². The van der Waals surface area contributed by atoms with Gasteiger partial charge in [-0.25, -0.2) is 15.0 Å². The average molecular weight is 391 g/mol. The first-order chi connectivity index (χ1) is 14.0. The number of hydrogen-bond donors (Lipinski definition) is 1. The lowest BCUT2D eigenvalue weighted by molar-refractivity contribution is 0.0929. The maximum atomic E-state index is 13.0. The number of nitrogens with zero attached hydrogens (tertiary/aromatic N) is 4. The molecule has 3 aromatic rings. The molecule has 1 aliphatic rings. The molecule has 7 nitrogen and oxygen atoms in total. The molecule has 0 radical (unpaired) electrons. The van der Waals surface area contributed by atoms with Crippen molar-refractivity contribution in [1.29, 1.82) is 0 Å². The molecule has 0 bridgehead atoms. The molecule has 0 aliphatic carbocycles. The Morgan fingerprint density at radius 1 is 1.10 bits per heavy atom. The first-order valence-corrected chi connectivity index (χ1v) is 9.87. The molecule has 1 aliphatic heterocycles. The van der Waals surface area contributed by atoms with Crippen LogP contribution in [0.15, 0.2) is 36.4 Å². The highest BCUT2D eigenvalue weighted by molar-refractivity contribution is 5.97. The van der Waals surface area contributed by atoms with Crippen molar-refractivity contribution in [1.82, 2.24) is 20.3 Å². The minimum Gasteiger partial charge on any atom is -0.378 e. The summed E-state index contributed by atoms with van der Waals surface area (Å²) in [5.74, 6) is 0.582. The van der Waals surface area contributed by atoms with Crippen molar-refractivity contribution >= 4 is 22.8 Å². The molecule has 1 atom stereocenters. The zero-order valence-corrected chi connectivity index (χ0v) is 17.0. The molecule has 0 saturated carbocycles. The zero-order valence-electron chi connectivity index (χ0n) is 17.0. The van der Waals surface area contributed by atoms with Gasteiger partial charge in [-0.05, 0) is 38.0 Å². The summed E-state index contributed by atoms with van der Waals surface area (Å²) in [6.45, 7) is 8.63. The highest BCUT2D eigenvalue weighted by Crippen LogP contribution is 2.27. The fourth-order valence-corrected chi connectivity index (χ4v) is 3.65. The van der Waals surface area contributed by atoms with Gasteiger partial charge in [-0.3, -0.25) is 4.79 Å². The SMILES string of the molecule is Cc1cc(C)c2c(N3CCOCC3)nc(C(=O)NC(C)c3ccccc3)nc2n1. The summed E-state index contributed by atoms with van der Waals surface area (Å²) in [4.78, 5) is 28.9. The monoisotopic (exact) mass is 391 g/mol. The molecule has 1 fully saturated rings. The van der Waals surface area contributed by atoms with E-state index in [1.165, 1.54) is 0 Å². The Morgan fingerprint density at radius 2 is 1.83 bits per heavy atom. The molecule has 1 unspecified atom stereocenters. The Labute approximate surface area is 170 Å².